The lowest BCUT2D eigenvalue weighted by Crippen LogP contribution is -2.29. The Morgan fingerprint density at radius 2 is 1.29 bits per heavy atom. The Morgan fingerprint density at radius 1 is 0.711 bits per heavy atom. The second-order valence-electron chi connectivity index (χ2n) is 8.49. The minimum Gasteiger partial charge on any atom is -0.452 e. The minimum absolute atomic E-state index is 0.0234. The number of amides is 2. The lowest BCUT2D eigenvalue weighted by molar-refractivity contribution is 0.0731. The number of esters is 1. The number of imide groups is 1. The molecule has 1 aromatic heterocycles. The van der Waals surface area contributed by atoms with Crippen molar-refractivity contribution in [1.82, 2.24) is 0 Å². The zero-order valence-electron chi connectivity index (χ0n) is 19.5. The Labute approximate surface area is 220 Å². The Kier molecular flexibility index (Phi) is 5.62. The lowest BCUT2D eigenvalue weighted by atomic mass is 10.1. The Bertz CT molecular complexity index is 1810. The van der Waals surface area contributed by atoms with Crippen LogP contribution >= 0.6 is 11.6 Å². The molecule has 0 saturated carbocycles. The molecule has 0 spiro atoms. The normalized spacial score (nSPS) is 12.6. The van der Waals surface area contributed by atoms with Gasteiger partial charge in [0, 0.05) is 5.56 Å². The van der Waals surface area contributed by atoms with Gasteiger partial charge in [-0.1, -0.05) is 48.0 Å². The summed E-state index contributed by atoms with van der Waals surface area (Å²) in [6.45, 7) is 0. The summed E-state index contributed by atoms with van der Waals surface area (Å²) in [7, 11) is 0. The maximum atomic E-state index is 13.3. The fourth-order valence-corrected chi connectivity index (χ4v) is 4.58. The smallest absolute Gasteiger partial charge is 0.343 e. The predicted molar refractivity (Wildman–Crippen MR) is 142 cm³/mol. The molecule has 0 bridgehead atoms. The molecule has 184 valence electrons. The van der Waals surface area contributed by atoms with E-state index in [0.717, 1.165) is 4.90 Å². The summed E-state index contributed by atoms with van der Waals surface area (Å²) < 4.78 is 11.6. The topological polar surface area (TPSA) is 93.9 Å². The van der Waals surface area contributed by atoms with Crippen LogP contribution in [-0.4, -0.2) is 17.8 Å². The summed E-state index contributed by atoms with van der Waals surface area (Å²) >= 11 is 6.36. The first-order valence-electron chi connectivity index (χ1n) is 11.5. The number of nitrogens with zero attached hydrogens (tertiary/aromatic N) is 1. The number of fused-ring (bicyclic) bond motifs is 2. The average molecular weight is 522 g/mol. The average Bonchev–Trinajstić information content (AvgIpc) is 3.20. The first-order valence-corrected chi connectivity index (χ1v) is 11.9. The second-order valence-corrected chi connectivity index (χ2v) is 8.90. The predicted octanol–water partition coefficient (Wildman–Crippen LogP) is 6.13. The molecule has 0 radical (unpaired) electrons. The number of ether oxygens (including phenoxy) is 1. The third-order valence-electron chi connectivity index (χ3n) is 6.22. The molecular formula is C30H16ClNO6. The van der Waals surface area contributed by atoms with Crippen LogP contribution in [0.1, 0.15) is 31.1 Å². The molecule has 38 heavy (non-hydrogen) atoms. The van der Waals surface area contributed by atoms with Gasteiger partial charge in [-0.05, 0) is 60.7 Å². The van der Waals surface area contributed by atoms with E-state index in [0.29, 0.717) is 33.0 Å². The van der Waals surface area contributed by atoms with Crippen LogP contribution in [0.5, 0.6) is 5.75 Å². The molecule has 6 rings (SSSR count). The number of anilines is 1. The van der Waals surface area contributed by atoms with Crippen LogP contribution in [0.25, 0.3) is 22.3 Å². The molecule has 4 aromatic carbocycles. The van der Waals surface area contributed by atoms with Crippen molar-refractivity contribution >= 4 is 46.0 Å². The summed E-state index contributed by atoms with van der Waals surface area (Å²) in [5.74, 6) is -1.99. The first kappa shape index (κ1) is 23.4. The Balaban J connectivity index is 1.35. The van der Waals surface area contributed by atoms with Gasteiger partial charge in [-0.15, -0.1) is 0 Å². The molecular weight excluding hydrogens is 506 g/mol. The van der Waals surface area contributed by atoms with Gasteiger partial charge in [0.05, 0.1) is 32.8 Å². The zero-order valence-corrected chi connectivity index (χ0v) is 20.3. The highest BCUT2D eigenvalue weighted by molar-refractivity contribution is 6.34. The van der Waals surface area contributed by atoms with Crippen LogP contribution < -0.4 is 15.1 Å². The van der Waals surface area contributed by atoms with Gasteiger partial charge in [-0.2, -0.15) is 0 Å². The van der Waals surface area contributed by atoms with Gasteiger partial charge in [0.1, 0.15) is 5.58 Å². The quantitative estimate of drug-likeness (QED) is 0.208. The summed E-state index contributed by atoms with van der Waals surface area (Å²) in [6, 6.07) is 25.7. The van der Waals surface area contributed by atoms with E-state index in [9.17, 15) is 19.2 Å². The van der Waals surface area contributed by atoms with E-state index in [1.54, 1.807) is 72.8 Å². The first-order chi connectivity index (χ1) is 18.4. The van der Waals surface area contributed by atoms with Crippen molar-refractivity contribution < 1.29 is 23.5 Å². The molecule has 2 amide bonds. The maximum absolute atomic E-state index is 13.3. The van der Waals surface area contributed by atoms with Crippen molar-refractivity contribution in [3.05, 3.63) is 129 Å². The molecule has 0 atom stereocenters. The van der Waals surface area contributed by atoms with E-state index < -0.39 is 23.2 Å². The van der Waals surface area contributed by atoms with E-state index in [1.807, 2.05) is 0 Å². The largest absolute Gasteiger partial charge is 0.452 e. The van der Waals surface area contributed by atoms with Gasteiger partial charge < -0.3 is 9.15 Å². The van der Waals surface area contributed by atoms with Gasteiger partial charge in [-0.3, -0.25) is 14.4 Å². The van der Waals surface area contributed by atoms with Crippen molar-refractivity contribution in [3.63, 3.8) is 0 Å². The van der Waals surface area contributed by atoms with Gasteiger partial charge in [0.2, 0.25) is 11.2 Å². The molecule has 1 aliphatic rings. The molecule has 1 aliphatic heterocycles. The maximum Gasteiger partial charge on any atom is 0.343 e. The van der Waals surface area contributed by atoms with Crippen LogP contribution in [0.4, 0.5) is 5.69 Å². The standard InChI is InChI=1S/C30H16ClNO6/c31-23-11-5-3-9-21(23)26-27(25(33)22-10-4-6-12-24(22)37-26)38-30(36)17-13-15-18(16-14-17)32-28(34)19-7-1-2-8-20(19)29(32)35/h1-16H. The van der Waals surface area contributed by atoms with Crippen molar-refractivity contribution in [2.24, 2.45) is 0 Å². The van der Waals surface area contributed by atoms with Crippen molar-refractivity contribution in [1.29, 1.82) is 0 Å². The van der Waals surface area contributed by atoms with Crippen LogP contribution in [-0.2, 0) is 0 Å². The van der Waals surface area contributed by atoms with Crippen molar-refractivity contribution in [2.45, 2.75) is 0 Å². The molecule has 0 unspecified atom stereocenters. The number of carbonyl (C=O) groups is 3. The summed E-state index contributed by atoms with van der Waals surface area (Å²) in [6.07, 6.45) is 0. The number of rotatable bonds is 4. The SMILES string of the molecule is O=C(Oc1c(-c2ccccc2Cl)oc2ccccc2c1=O)c1ccc(N2C(=O)c3ccccc3C2=O)cc1. The number of benzene rings is 4. The van der Waals surface area contributed by atoms with Crippen molar-refractivity contribution in [3.8, 4) is 17.1 Å². The number of halogens is 1. The minimum atomic E-state index is -0.824. The van der Waals surface area contributed by atoms with Crippen LogP contribution in [0.3, 0.4) is 0 Å². The van der Waals surface area contributed by atoms with Crippen LogP contribution in [0.2, 0.25) is 5.02 Å². The molecule has 7 nitrogen and oxygen atoms in total. The highest BCUT2D eigenvalue weighted by Gasteiger charge is 2.36. The highest BCUT2D eigenvalue weighted by Crippen LogP contribution is 2.36. The fourth-order valence-electron chi connectivity index (χ4n) is 4.36. The van der Waals surface area contributed by atoms with Gasteiger partial charge >= 0.3 is 5.97 Å². The van der Waals surface area contributed by atoms with Gasteiger partial charge in [0.25, 0.3) is 11.8 Å². The third-order valence-corrected chi connectivity index (χ3v) is 6.55. The highest BCUT2D eigenvalue weighted by atomic mass is 35.5. The van der Waals surface area contributed by atoms with Gasteiger partial charge in [0.15, 0.2) is 5.76 Å². The van der Waals surface area contributed by atoms with Gasteiger partial charge in [-0.25, -0.2) is 9.69 Å². The molecule has 8 heteroatoms. The molecule has 0 aliphatic carbocycles. The Hall–Kier alpha value is -5.01. The van der Waals surface area contributed by atoms with Crippen LogP contribution in [0, 0.1) is 0 Å². The summed E-state index contributed by atoms with van der Waals surface area (Å²) in [5, 5.41) is 0.556. The molecule has 0 N–H and O–H groups in total. The number of hydrogen-bond donors (Lipinski definition) is 0. The zero-order chi connectivity index (χ0) is 26.4. The lowest BCUT2D eigenvalue weighted by Gasteiger charge is -2.14. The second kappa shape index (κ2) is 9.14. The van der Waals surface area contributed by atoms with E-state index >= 15 is 0 Å². The van der Waals surface area contributed by atoms with Crippen molar-refractivity contribution in [2.75, 3.05) is 4.90 Å². The molecule has 0 fully saturated rings. The summed E-state index contributed by atoms with van der Waals surface area (Å²) in [5.41, 5.74) is 1.21. The number of carbonyl (C=O) groups excluding carboxylic acids is 3. The monoisotopic (exact) mass is 521 g/mol. The molecule has 0 saturated heterocycles. The molecule has 2 heterocycles. The Morgan fingerprint density at radius 3 is 1.95 bits per heavy atom. The van der Waals surface area contributed by atoms with Crippen LogP contribution in [0.15, 0.2) is 106 Å². The summed E-state index contributed by atoms with van der Waals surface area (Å²) in [4.78, 5) is 53.1. The van der Waals surface area contributed by atoms with E-state index in [1.165, 1.54) is 24.3 Å². The van der Waals surface area contributed by atoms with E-state index in [-0.39, 0.29) is 22.5 Å². The fraction of sp³-hybridized carbons (Fsp3) is 0. The molecule has 5 aromatic rings. The van der Waals surface area contributed by atoms with E-state index in [2.05, 4.69) is 0 Å². The third kappa shape index (κ3) is 3.77. The number of hydrogen-bond acceptors (Lipinski definition) is 6. The van der Waals surface area contributed by atoms with E-state index in [4.69, 9.17) is 20.8 Å². The number of para-hydroxylation sites is 1.